The monoisotopic (exact) mass is 328 g/mol. The Morgan fingerprint density at radius 1 is 1.26 bits per heavy atom. The predicted octanol–water partition coefficient (Wildman–Crippen LogP) is 4.13. The van der Waals surface area contributed by atoms with Crippen LogP contribution in [0.15, 0.2) is 53.4 Å². The van der Waals surface area contributed by atoms with Crippen molar-refractivity contribution < 1.29 is 9.72 Å². The van der Waals surface area contributed by atoms with Crippen LogP contribution in [-0.4, -0.2) is 22.6 Å². The quantitative estimate of drug-likeness (QED) is 0.614. The zero-order valence-corrected chi connectivity index (χ0v) is 13.5. The highest BCUT2D eigenvalue weighted by Gasteiger charge is 2.25. The molecule has 1 aliphatic heterocycles. The molecule has 0 spiro atoms. The summed E-state index contributed by atoms with van der Waals surface area (Å²) >= 11 is 1.75. The highest BCUT2D eigenvalue weighted by molar-refractivity contribution is 8.00. The Hall–Kier alpha value is -2.34. The van der Waals surface area contributed by atoms with Gasteiger partial charge in [0.05, 0.1) is 10.6 Å². The lowest BCUT2D eigenvalue weighted by atomic mass is 10.1. The molecule has 2 aromatic carbocycles. The summed E-state index contributed by atoms with van der Waals surface area (Å²) in [4.78, 5) is 26.1. The summed E-state index contributed by atoms with van der Waals surface area (Å²) < 4.78 is 0. The van der Waals surface area contributed by atoms with Crippen molar-refractivity contribution in [3.63, 3.8) is 0 Å². The molecule has 1 aliphatic rings. The molecule has 0 saturated heterocycles. The topological polar surface area (TPSA) is 63.5 Å². The molecule has 0 radical (unpaired) electrons. The number of nitro benzene ring substituents is 1. The Balaban J connectivity index is 1.99. The van der Waals surface area contributed by atoms with Crippen molar-refractivity contribution in [3.8, 4) is 0 Å². The van der Waals surface area contributed by atoms with Crippen molar-refractivity contribution in [2.24, 2.45) is 0 Å². The van der Waals surface area contributed by atoms with E-state index in [9.17, 15) is 14.9 Å². The first-order chi connectivity index (χ1) is 11.1. The number of non-ortho nitro benzene ring substituents is 1. The van der Waals surface area contributed by atoms with E-state index in [0.717, 1.165) is 17.0 Å². The van der Waals surface area contributed by atoms with Crippen molar-refractivity contribution in [1.29, 1.82) is 0 Å². The van der Waals surface area contributed by atoms with Crippen LogP contribution in [0.3, 0.4) is 0 Å². The van der Waals surface area contributed by atoms with Crippen LogP contribution >= 0.6 is 11.8 Å². The lowest BCUT2D eigenvalue weighted by Gasteiger charge is -2.22. The first-order valence-electron chi connectivity index (χ1n) is 7.38. The van der Waals surface area contributed by atoms with Crippen molar-refractivity contribution in [1.82, 2.24) is 0 Å². The van der Waals surface area contributed by atoms with Gasteiger partial charge in [0.2, 0.25) is 0 Å². The van der Waals surface area contributed by atoms with Gasteiger partial charge in [-0.05, 0) is 24.6 Å². The second kappa shape index (κ2) is 6.42. The molecule has 1 atom stereocenters. The second-order valence-corrected chi connectivity index (χ2v) is 6.93. The molecule has 0 bridgehead atoms. The summed E-state index contributed by atoms with van der Waals surface area (Å²) in [7, 11) is 0. The van der Waals surface area contributed by atoms with Crippen molar-refractivity contribution in [2.75, 3.05) is 11.4 Å². The number of hydrogen-bond donors (Lipinski definition) is 0. The van der Waals surface area contributed by atoms with Gasteiger partial charge in [-0.2, -0.15) is 0 Å². The third kappa shape index (κ3) is 3.22. The third-order valence-electron chi connectivity index (χ3n) is 3.79. The normalized spacial score (nSPS) is 17.3. The van der Waals surface area contributed by atoms with Crippen molar-refractivity contribution in [3.05, 3.63) is 64.2 Å². The fourth-order valence-corrected chi connectivity index (χ4v) is 3.72. The molecule has 1 amide bonds. The molecule has 0 aromatic heterocycles. The number of hydrogen-bond acceptors (Lipinski definition) is 4. The average molecular weight is 328 g/mol. The van der Waals surface area contributed by atoms with Gasteiger partial charge in [-0.25, -0.2) is 0 Å². The molecule has 6 heteroatoms. The fraction of sp³-hybridized carbons (Fsp3) is 0.235. The van der Waals surface area contributed by atoms with Gasteiger partial charge in [-0.1, -0.05) is 25.1 Å². The van der Waals surface area contributed by atoms with E-state index in [4.69, 9.17) is 0 Å². The van der Waals surface area contributed by atoms with E-state index in [-0.39, 0.29) is 11.6 Å². The fourth-order valence-electron chi connectivity index (χ4n) is 2.61. The van der Waals surface area contributed by atoms with E-state index in [2.05, 4.69) is 6.92 Å². The molecule has 0 fully saturated rings. The van der Waals surface area contributed by atoms with Crippen LogP contribution < -0.4 is 4.90 Å². The maximum absolute atomic E-state index is 12.9. The number of thioether (sulfide) groups is 1. The Labute approximate surface area is 138 Å². The first-order valence-corrected chi connectivity index (χ1v) is 8.26. The average Bonchev–Trinajstić information content (AvgIpc) is 2.72. The molecule has 118 valence electrons. The zero-order chi connectivity index (χ0) is 16.4. The van der Waals surface area contributed by atoms with Gasteiger partial charge < -0.3 is 4.90 Å². The van der Waals surface area contributed by atoms with Gasteiger partial charge in [0.15, 0.2) is 0 Å². The van der Waals surface area contributed by atoms with Gasteiger partial charge in [0, 0.05) is 34.4 Å². The molecule has 0 N–H and O–H groups in total. The van der Waals surface area contributed by atoms with Crippen LogP contribution in [0, 0.1) is 10.1 Å². The minimum absolute atomic E-state index is 0.0679. The molecular formula is C17H16N2O3S. The molecular weight excluding hydrogens is 312 g/mol. The second-order valence-electron chi connectivity index (χ2n) is 5.45. The number of nitrogens with zero attached hydrogens (tertiary/aromatic N) is 2. The number of benzene rings is 2. The van der Waals surface area contributed by atoms with Crippen LogP contribution in [0.1, 0.15) is 23.7 Å². The lowest BCUT2D eigenvalue weighted by molar-refractivity contribution is -0.384. The Morgan fingerprint density at radius 3 is 2.83 bits per heavy atom. The largest absolute Gasteiger partial charge is 0.307 e. The molecule has 0 unspecified atom stereocenters. The number of rotatable bonds is 2. The highest BCUT2D eigenvalue weighted by atomic mass is 32.2. The number of carbonyl (C=O) groups is 1. The van der Waals surface area contributed by atoms with Gasteiger partial charge in [0.1, 0.15) is 0 Å². The summed E-state index contributed by atoms with van der Waals surface area (Å²) in [6.07, 6.45) is 0.875. The maximum atomic E-state index is 12.9. The van der Waals surface area contributed by atoms with E-state index in [1.807, 2.05) is 24.3 Å². The molecule has 2 aromatic rings. The van der Waals surface area contributed by atoms with E-state index < -0.39 is 4.92 Å². The number of nitro groups is 1. The first kappa shape index (κ1) is 15.6. The number of anilines is 1. The Kier molecular flexibility index (Phi) is 4.34. The van der Waals surface area contributed by atoms with Gasteiger partial charge >= 0.3 is 0 Å². The van der Waals surface area contributed by atoms with Crippen molar-refractivity contribution >= 4 is 29.0 Å². The third-order valence-corrected chi connectivity index (χ3v) is 5.03. The van der Waals surface area contributed by atoms with Crippen LogP contribution in [0.5, 0.6) is 0 Å². The van der Waals surface area contributed by atoms with Crippen LogP contribution in [0.25, 0.3) is 0 Å². The maximum Gasteiger partial charge on any atom is 0.270 e. The zero-order valence-electron chi connectivity index (χ0n) is 12.6. The number of carbonyl (C=O) groups excluding carboxylic acids is 1. The predicted molar refractivity (Wildman–Crippen MR) is 91.2 cm³/mol. The van der Waals surface area contributed by atoms with E-state index in [1.54, 1.807) is 28.8 Å². The van der Waals surface area contributed by atoms with E-state index in [1.165, 1.54) is 12.1 Å². The summed E-state index contributed by atoms with van der Waals surface area (Å²) in [5, 5.41) is 11.3. The van der Waals surface area contributed by atoms with Crippen LogP contribution in [0.4, 0.5) is 11.4 Å². The molecule has 23 heavy (non-hydrogen) atoms. The number of fused-ring (bicyclic) bond motifs is 1. The van der Waals surface area contributed by atoms with Gasteiger partial charge in [0.25, 0.3) is 11.6 Å². The molecule has 0 aliphatic carbocycles. The Morgan fingerprint density at radius 2 is 2.04 bits per heavy atom. The van der Waals surface area contributed by atoms with Crippen LogP contribution in [-0.2, 0) is 0 Å². The molecule has 1 heterocycles. The smallest absolute Gasteiger partial charge is 0.270 e. The highest BCUT2D eigenvalue weighted by Crippen LogP contribution is 2.37. The van der Waals surface area contributed by atoms with E-state index in [0.29, 0.717) is 17.4 Å². The summed E-state index contributed by atoms with van der Waals surface area (Å²) in [6.45, 7) is 2.75. The lowest BCUT2D eigenvalue weighted by Crippen LogP contribution is -2.32. The Bertz CT molecular complexity index is 763. The van der Waals surface area contributed by atoms with Gasteiger partial charge in [-0.15, -0.1) is 11.8 Å². The molecule has 3 rings (SSSR count). The van der Waals surface area contributed by atoms with Crippen LogP contribution in [0.2, 0.25) is 0 Å². The summed E-state index contributed by atoms with van der Waals surface area (Å²) in [5.74, 6) is -0.198. The standard InChI is InChI=1S/C17H16N2O3S/c1-12-9-10-18(15-7-2-3-8-16(15)23-12)17(20)13-5-4-6-14(11-13)19(21)22/h2-8,11-12H,9-10H2,1H3/t12-/m0/s1. The molecule has 0 saturated carbocycles. The summed E-state index contributed by atoms with van der Waals surface area (Å²) in [5.41, 5.74) is 1.15. The minimum Gasteiger partial charge on any atom is -0.307 e. The minimum atomic E-state index is -0.481. The van der Waals surface area contributed by atoms with E-state index >= 15 is 0 Å². The van der Waals surface area contributed by atoms with Gasteiger partial charge in [-0.3, -0.25) is 14.9 Å². The summed E-state index contributed by atoms with van der Waals surface area (Å²) in [6, 6.07) is 13.7. The number of amides is 1. The molecule has 5 nitrogen and oxygen atoms in total. The number of para-hydroxylation sites is 1. The van der Waals surface area contributed by atoms with Crippen molar-refractivity contribution in [2.45, 2.75) is 23.5 Å². The SMILES string of the molecule is C[C@H]1CCN(C(=O)c2cccc([N+](=O)[O-])c2)c2ccccc2S1.